The highest BCUT2D eigenvalue weighted by molar-refractivity contribution is 5.82. The van der Waals surface area contributed by atoms with Crippen molar-refractivity contribution in [3.05, 3.63) is 28.5 Å². The Morgan fingerprint density at radius 2 is 1.83 bits per heavy atom. The number of rotatable bonds is 5. The number of amides is 2. The van der Waals surface area contributed by atoms with Crippen LogP contribution < -0.4 is 5.32 Å². The fourth-order valence-corrected chi connectivity index (χ4v) is 4.28. The molecule has 8 nitrogen and oxygen atoms in total. The fraction of sp³-hybridized carbons (Fsp3) is 0.714. The monoisotopic (exact) mass is 404 g/mol. The third-order valence-electron chi connectivity index (χ3n) is 6.05. The van der Waals surface area contributed by atoms with Crippen molar-refractivity contribution < 1.29 is 14.7 Å². The molecule has 0 spiro atoms. The molecule has 2 unspecified atom stereocenters. The van der Waals surface area contributed by atoms with E-state index in [2.05, 4.69) is 15.4 Å². The Labute approximate surface area is 172 Å². The summed E-state index contributed by atoms with van der Waals surface area (Å²) in [6.45, 7) is 3.36. The third kappa shape index (κ3) is 6.13. The number of aliphatic hydroxyl groups excluding tert-OH is 1. The molecule has 2 saturated heterocycles. The first kappa shape index (κ1) is 21.5. The molecule has 2 heterocycles. The number of carbonyl (C=O) groups is 2. The van der Waals surface area contributed by atoms with E-state index in [-0.39, 0.29) is 23.5 Å². The lowest BCUT2D eigenvalue weighted by Crippen LogP contribution is -2.41. The van der Waals surface area contributed by atoms with Gasteiger partial charge < -0.3 is 15.3 Å². The Morgan fingerprint density at radius 1 is 1.10 bits per heavy atom. The van der Waals surface area contributed by atoms with Crippen molar-refractivity contribution >= 4 is 11.8 Å². The second-order valence-electron chi connectivity index (χ2n) is 8.29. The van der Waals surface area contributed by atoms with Gasteiger partial charge in [0.25, 0.3) is 0 Å². The summed E-state index contributed by atoms with van der Waals surface area (Å²) >= 11 is 0. The van der Waals surface area contributed by atoms with Crippen LogP contribution >= 0.6 is 0 Å². The standard InChI is InChI=1S/C21H32N4O4/c26-19-13-17(7-6-8-18(19)23-29)22-21(28)16-9-12-24(14-16)15-20(27)25-10-4-2-1-3-5-11-25/h7,13,16,18,26H,1-6,8-12,14-15H2,(H,22,28). The van der Waals surface area contributed by atoms with Gasteiger partial charge in [0.05, 0.1) is 12.5 Å². The predicted molar refractivity (Wildman–Crippen MR) is 110 cm³/mol. The first-order chi connectivity index (χ1) is 14.1. The highest BCUT2D eigenvalue weighted by Crippen LogP contribution is 2.20. The molecule has 8 heteroatoms. The maximum Gasteiger partial charge on any atom is 0.236 e. The second kappa shape index (κ2) is 10.5. The zero-order valence-corrected chi connectivity index (χ0v) is 17.0. The van der Waals surface area contributed by atoms with Gasteiger partial charge in [-0.2, -0.15) is 4.91 Å². The van der Waals surface area contributed by atoms with Crippen LogP contribution in [0.15, 0.2) is 28.8 Å². The summed E-state index contributed by atoms with van der Waals surface area (Å²) in [5.74, 6) is -0.246. The van der Waals surface area contributed by atoms with Crippen LogP contribution in [0.3, 0.4) is 0 Å². The van der Waals surface area contributed by atoms with Crippen molar-refractivity contribution in [1.82, 2.24) is 15.1 Å². The summed E-state index contributed by atoms with van der Waals surface area (Å²) in [6, 6.07) is -0.753. The molecule has 0 aromatic rings. The molecular weight excluding hydrogens is 372 g/mol. The van der Waals surface area contributed by atoms with Gasteiger partial charge in [0, 0.05) is 31.4 Å². The lowest BCUT2D eigenvalue weighted by atomic mass is 10.1. The number of aliphatic hydroxyl groups is 1. The molecule has 160 valence electrons. The Morgan fingerprint density at radius 3 is 2.55 bits per heavy atom. The van der Waals surface area contributed by atoms with Gasteiger partial charge >= 0.3 is 0 Å². The van der Waals surface area contributed by atoms with Crippen LogP contribution in [0.4, 0.5) is 0 Å². The quantitative estimate of drug-likeness (QED) is 0.686. The Balaban J connectivity index is 1.48. The Bertz CT molecular complexity index is 668. The van der Waals surface area contributed by atoms with Crippen molar-refractivity contribution in [3.8, 4) is 0 Å². The van der Waals surface area contributed by atoms with Gasteiger partial charge in [-0.05, 0) is 38.6 Å². The fourth-order valence-electron chi connectivity index (χ4n) is 4.28. The summed E-state index contributed by atoms with van der Waals surface area (Å²) < 4.78 is 0. The highest BCUT2D eigenvalue weighted by Gasteiger charge is 2.31. The lowest BCUT2D eigenvalue weighted by molar-refractivity contribution is -0.133. The van der Waals surface area contributed by atoms with Crippen molar-refractivity contribution in [1.29, 1.82) is 0 Å². The third-order valence-corrected chi connectivity index (χ3v) is 6.05. The zero-order valence-electron chi connectivity index (χ0n) is 17.0. The van der Waals surface area contributed by atoms with E-state index in [1.165, 1.54) is 25.3 Å². The number of carbonyl (C=O) groups excluding carboxylic acids is 2. The molecule has 0 aromatic heterocycles. The van der Waals surface area contributed by atoms with Crippen molar-refractivity contribution in [2.24, 2.45) is 11.1 Å². The smallest absolute Gasteiger partial charge is 0.236 e. The maximum atomic E-state index is 12.7. The molecule has 1 aliphatic carbocycles. The van der Waals surface area contributed by atoms with Gasteiger partial charge in [-0.1, -0.05) is 30.5 Å². The average Bonchev–Trinajstić information content (AvgIpc) is 3.05. The number of nitrogens with zero attached hydrogens (tertiary/aromatic N) is 3. The normalized spacial score (nSPS) is 26.6. The molecule has 0 saturated carbocycles. The van der Waals surface area contributed by atoms with Crippen LogP contribution in [-0.2, 0) is 9.59 Å². The summed E-state index contributed by atoms with van der Waals surface area (Å²) in [4.78, 5) is 40.1. The van der Waals surface area contributed by atoms with Crippen LogP contribution in [-0.4, -0.2) is 65.5 Å². The number of hydrogen-bond acceptors (Lipinski definition) is 6. The van der Waals surface area contributed by atoms with Crippen molar-refractivity contribution in [3.63, 3.8) is 0 Å². The summed E-state index contributed by atoms with van der Waals surface area (Å²) in [5.41, 5.74) is 0.508. The van der Waals surface area contributed by atoms with Crippen molar-refractivity contribution in [2.75, 3.05) is 32.7 Å². The zero-order chi connectivity index (χ0) is 20.6. The Hall–Kier alpha value is -2.22. The van der Waals surface area contributed by atoms with E-state index in [0.29, 0.717) is 38.0 Å². The minimum atomic E-state index is -0.753. The molecule has 0 bridgehead atoms. The lowest BCUT2D eigenvalue weighted by Gasteiger charge is -2.27. The number of allylic oxidation sites excluding steroid dienone is 2. The second-order valence-corrected chi connectivity index (χ2v) is 8.29. The number of hydrogen-bond donors (Lipinski definition) is 2. The van der Waals surface area contributed by atoms with Gasteiger partial charge in [0.1, 0.15) is 11.8 Å². The highest BCUT2D eigenvalue weighted by atomic mass is 16.3. The van der Waals surface area contributed by atoms with E-state index in [0.717, 1.165) is 32.5 Å². The van der Waals surface area contributed by atoms with Gasteiger partial charge in [-0.15, -0.1) is 0 Å². The first-order valence-electron chi connectivity index (χ1n) is 10.8. The molecule has 0 radical (unpaired) electrons. The molecule has 3 aliphatic rings. The number of nitroso groups, excluding NO2 is 1. The molecule has 2 amide bonds. The topological polar surface area (TPSA) is 102 Å². The SMILES string of the molecule is O=NC1CCC=C(NC(=O)C2CCN(CC(=O)N3CCCCCCC3)C2)C=C1O. The molecule has 2 N–H and O–H groups in total. The molecular formula is C21H32N4O4. The Kier molecular flexibility index (Phi) is 7.80. The minimum absolute atomic E-state index is 0.112. The predicted octanol–water partition coefficient (Wildman–Crippen LogP) is 2.47. The van der Waals surface area contributed by atoms with Crippen molar-refractivity contribution in [2.45, 2.75) is 57.4 Å². The van der Waals surface area contributed by atoms with E-state index < -0.39 is 6.04 Å². The van der Waals surface area contributed by atoms with E-state index in [4.69, 9.17) is 0 Å². The average molecular weight is 405 g/mol. The summed E-state index contributed by atoms with van der Waals surface area (Å²) in [7, 11) is 0. The molecule has 2 fully saturated rings. The van der Waals surface area contributed by atoms with E-state index in [1.54, 1.807) is 6.08 Å². The van der Waals surface area contributed by atoms with Crippen LogP contribution in [0.1, 0.15) is 51.4 Å². The minimum Gasteiger partial charge on any atom is -0.510 e. The van der Waals surface area contributed by atoms with Crippen LogP contribution in [0.5, 0.6) is 0 Å². The van der Waals surface area contributed by atoms with Crippen LogP contribution in [0.2, 0.25) is 0 Å². The molecule has 29 heavy (non-hydrogen) atoms. The maximum absolute atomic E-state index is 12.7. The molecule has 3 rings (SSSR count). The van der Waals surface area contributed by atoms with E-state index in [1.807, 2.05) is 4.90 Å². The first-order valence-corrected chi connectivity index (χ1v) is 10.8. The van der Waals surface area contributed by atoms with Gasteiger partial charge in [0.2, 0.25) is 11.8 Å². The largest absolute Gasteiger partial charge is 0.510 e. The molecule has 2 aliphatic heterocycles. The van der Waals surface area contributed by atoms with Crippen LogP contribution in [0, 0.1) is 10.8 Å². The number of nitrogens with one attached hydrogen (secondary N) is 1. The molecule has 2 atom stereocenters. The number of likely N-dealkylation sites (tertiary alicyclic amines) is 2. The summed E-state index contributed by atoms with van der Waals surface area (Å²) in [6.07, 6.45) is 10.7. The summed E-state index contributed by atoms with van der Waals surface area (Å²) in [5, 5.41) is 15.7. The molecule has 0 aromatic carbocycles. The van der Waals surface area contributed by atoms with Gasteiger partial charge in [0.15, 0.2) is 0 Å². The van der Waals surface area contributed by atoms with Gasteiger partial charge in [-0.25, -0.2) is 0 Å². The van der Waals surface area contributed by atoms with Gasteiger partial charge in [-0.3, -0.25) is 14.5 Å². The van der Waals surface area contributed by atoms with E-state index >= 15 is 0 Å². The van der Waals surface area contributed by atoms with E-state index in [9.17, 15) is 19.6 Å². The van der Waals surface area contributed by atoms with Crippen LogP contribution in [0.25, 0.3) is 0 Å².